The Morgan fingerprint density at radius 1 is 0.842 bits per heavy atom. The molecular weight excluding hydrogens is 230 g/mol. The van der Waals surface area contributed by atoms with Crippen molar-refractivity contribution in [3.05, 3.63) is 65.2 Å². The lowest BCUT2D eigenvalue weighted by atomic mass is 9.99. The predicted octanol–water partition coefficient (Wildman–Crippen LogP) is 4.69. The van der Waals surface area contributed by atoms with Crippen LogP contribution in [0.3, 0.4) is 0 Å². The third-order valence-corrected chi connectivity index (χ3v) is 3.81. The van der Waals surface area contributed by atoms with Gasteiger partial charge in [-0.3, -0.25) is 0 Å². The van der Waals surface area contributed by atoms with Crippen LogP contribution >= 0.6 is 0 Å². The lowest BCUT2D eigenvalue weighted by molar-refractivity contribution is 1.32. The molecule has 1 aliphatic carbocycles. The second-order valence-corrected chi connectivity index (χ2v) is 4.94. The largest absolute Gasteiger partial charge is 0.247 e. The van der Waals surface area contributed by atoms with Crippen molar-refractivity contribution in [2.45, 2.75) is 6.92 Å². The molecule has 3 aromatic rings. The predicted molar refractivity (Wildman–Crippen MR) is 80.8 cm³/mol. The van der Waals surface area contributed by atoms with Gasteiger partial charge in [-0.1, -0.05) is 54.6 Å². The van der Waals surface area contributed by atoms with Gasteiger partial charge in [0, 0.05) is 10.9 Å². The zero-order valence-corrected chi connectivity index (χ0v) is 10.7. The second-order valence-electron chi connectivity index (χ2n) is 4.94. The minimum absolute atomic E-state index is 1.09. The van der Waals surface area contributed by atoms with Gasteiger partial charge >= 0.3 is 0 Å². The van der Waals surface area contributed by atoms with Gasteiger partial charge in [0.15, 0.2) is 0 Å². The van der Waals surface area contributed by atoms with E-state index < -0.39 is 0 Å². The Bertz CT molecular complexity index is 814. The molecule has 0 N–H and O–H groups in total. The minimum atomic E-state index is 1.09. The fourth-order valence-corrected chi connectivity index (χ4v) is 2.86. The van der Waals surface area contributed by atoms with E-state index in [1.165, 1.54) is 27.6 Å². The topological polar surface area (TPSA) is 12.9 Å². The van der Waals surface area contributed by atoms with E-state index in [1.54, 1.807) is 0 Å². The summed E-state index contributed by atoms with van der Waals surface area (Å²) >= 11 is 0. The Morgan fingerprint density at radius 3 is 2.53 bits per heavy atom. The van der Waals surface area contributed by atoms with Crippen molar-refractivity contribution < 1.29 is 0 Å². The molecule has 0 fully saturated rings. The quantitative estimate of drug-likeness (QED) is 0.472. The average Bonchev–Trinajstić information content (AvgIpc) is 2.89. The molecule has 0 radical (unpaired) electrons. The highest BCUT2D eigenvalue weighted by molar-refractivity contribution is 6.05. The Hall–Kier alpha value is -2.41. The van der Waals surface area contributed by atoms with Gasteiger partial charge in [-0.2, -0.15) is 0 Å². The van der Waals surface area contributed by atoms with Crippen LogP contribution in [0.15, 0.2) is 48.5 Å². The number of pyridine rings is 1. The van der Waals surface area contributed by atoms with Gasteiger partial charge in [0.25, 0.3) is 0 Å². The Kier molecular flexibility index (Phi) is 2.10. The third-order valence-electron chi connectivity index (χ3n) is 3.81. The molecule has 1 nitrogen and oxygen atoms in total. The van der Waals surface area contributed by atoms with E-state index in [9.17, 15) is 0 Å². The van der Waals surface area contributed by atoms with Crippen LogP contribution in [0.4, 0.5) is 0 Å². The Labute approximate surface area is 112 Å². The van der Waals surface area contributed by atoms with Gasteiger partial charge in [0.2, 0.25) is 0 Å². The summed E-state index contributed by atoms with van der Waals surface area (Å²) in [5.74, 6) is 0. The van der Waals surface area contributed by atoms with Crippen molar-refractivity contribution in [2.75, 3.05) is 0 Å². The summed E-state index contributed by atoms with van der Waals surface area (Å²) in [6, 6.07) is 16.7. The number of hydrogen-bond donors (Lipinski definition) is 0. The van der Waals surface area contributed by atoms with Crippen molar-refractivity contribution in [1.29, 1.82) is 0 Å². The molecule has 2 aromatic carbocycles. The van der Waals surface area contributed by atoms with Crippen LogP contribution in [-0.2, 0) is 0 Å². The molecule has 0 saturated carbocycles. The van der Waals surface area contributed by atoms with Crippen LogP contribution in [0.5, 0.6) is 0 Å². The molecule has 19 heavy (non-hydrogen) atoms. The maximum atomic E-state index is 4.87. The molecule has 0 saturated heterocycles. The van der Waals surface area contributed by atoms with E-state index in [1.807, 2.05) is 6.07 Å². The lowest BCUT2D eigenvalue weighted by Crippen LogP contribution is -1.93. The molecular formula is C18H13N. The third kappa shape index (κ3) is 1.45. The molecule has 1 heterocycles. The van der Waals surface area contributed by atoms with Crippen LogP contribution in [0.1, 0.15) is 16.7 Å². The normalized spacial score (nSPS) is 12.3. The molecule has 0 aliphatic heterocycles. The van der Waals surface area contributed by atoms with Crippen molar-refractivity contribution in [3.63, 3.8) is 0 Å². The molecule has 0 atom stereocenters. The number of benzene rings is 2. The summed E-state index contributed by atoms with van der Waals surface area (Å²) in [6.07, 6.45) is 4.39. The molecule has 4 rings (SSSR count). The van der Waals surface area contributed by atoms with Gasteiger partial charge in [-0.15, -0.1) is 0 Å². The second kappa shape index (κ2) is 3.79. The molecule has 1 aromatic heterocycles. The first kappa shape index (κ1) is 10.5. The monoisotopic (exact) mass is 243 g/mol. The molecule has 0 bridgehead atoms. The van der Waals surface area contributed by atoms with E-state index in [2.05, 4.69) is 61.5 Å². The van der Waals surface area contributed by atoms with Crippen molar-refractivity contribution >= 4 is 23.1 Å². The molecule has 90 valence electrons. The Morgan fingerprint density at radius 2 is 1.68 bits per heavy atom. The van der Waals surface area contributed by atoms with Crippen LogP contribution in [0.2, 0.25) is 0 Å². The van der Waals surface area contributed by atoms with Crippen LogP contribution in [-0.4, -0.2) is 4.98 Å². The lowest BCUT2D eigenvalue weighted by Gasteiger charge is -2.11. The molecule has 1 aliphatic rings. The summed E-state index contributed by atoms with van der Waals surface area (Å²) < 4.78 is 0. The van der Waals surface area contributed by atoms with E-state index in [0.29, 0.717) is 0 Å². The highest BCUT2D eigenvalue weighted by atomic mass is 14.7. The van der Waals surface area contributed by atoms with E-state index in [0.717, 1.165) is 11.2 Å². The van der Waals surface area contributed by atoms with Gasteiger partial charge in [0.05, 0.1) is 11.2 Å². The van der Waals surface area contributed by atoms with Crippen molar-refractivity contribution in [3.8, 4) is 11.3 Å². The number of nitrogens with zero attached hydrogens (tertiary/aromatic N) is 1. The first-order valence-electron chi connectivity index (χ1n) is 6.51. The SMILES string of the molecule is Cc1c(-c2ccccc2)nc2cccc3c2c1C=C3. The smallest absolute Gasteiger partial charge is 0.0744 e. The minimum Gasteiger partial charge on any atom is -0.247 e. The molecule has 1 heteroatoms. The van der Waals surface area contributed by atoms with E-state index in [4.69, 9.17) is 4.98 Å². The maximum absolute atomic E-state index is 4.87. The van der Waals surface area contributed by atoms with Gasteiger partial charge in [0.1, 0.15) is 0 Å². The number of rotatable bonds is 1. The summed E-state index contributed by atoms with van der Waals surface area (Å²) in [6.45, 7) is 2.16. The van der Waals surface area contributed by atoms with Gasteiger partial charge < -0.3 is 0 Å². The van der Waals surface area contributed by atoms with Crippen molar-refractivity contribution in [1.82, 2.24) is 4.98 Å². The van der Waals surface area contributed by atoms with Gasteiger partial charge in [-0.25, -0.2) is 4.98 Å². The van der Waals surface area contributed by atoms with Crippen LogP contribution in [0.25, 0.3) is 34.3 Å². The highest BCUT2D eigenvalue weighted by Crippen LogP contribution is 2.36. The molecule has 0 spiro atoms. The first-order chi connectivity index (χ1) is 9.34. The summed E-state index contributed by atoms with van der Waals surface area (Å²) in [5, 5.41) is 1.29. The summed E-state index contributed by atoms with van der Waals surface area (Å²) in [5.41, 5.74) is 7.22. The Balaban J connectivity index is 2.11. The number of aromatic nitrogens is 1. The maximum Gasteiger partial charge on any atom is 0.0744 e. The van der Waals surface area contributed by atoms with E-state index in [-0.39, 0.29) is 0 Å². The first-order valence-corrected chi connectivity index (χ1v) is 6.51. The van der Waals surface area contributed by atoms with Crippen molar-refractivity contribution in [2.24, 2.45) is 0 Å². The highest BCUT2D eigenvalue weighted by Gasteiger charge is 2.16. The van der Waals surface area contributed by atoms with E-state index >= 15 is 0 Å². The average molecular weight is 243 g/mol. The summed E-state index contributed by atoms with van der Waals surface area (Å²) in [4.78, 5) is 4.87. The van der Waals surface area contributed by atoms with Gasteiger partial charge in [-0.05, 0) is 29.7 Å². The van der Waals surface area contributed by atoms with Crippen LogP contribution in [0, 0.1) is 6.92 Å². The number of hydrogen-bond acceptors (Lipinski definition) is 1. The summed E-state index contributed by atoms with van der Waals surface area (Å²) in [7, 11) is 0. The fraction of sp³-hybridized carbons (Fsp3) is 0.0556. The molecule has 0 unspecified atom stereocenters. The van der Waals surface area contributed by atoms with Crippen LogP contribution < -0.4 is 0 Å². The zero-order chi connectivity index (χ0) is 12.8. The molecule has 0 amide bonds. The zero-order valence-electron chi connectivity index (χ0n) is 10.7. The standard InChI is InChI=1S/C18H13N/c1-12-15-11-10-13-8-5-9-16(17(13)15)19-18(12)14-6-3-2-4-7-14/h2-11H,1H3. The fourth-order valence-electron chi connectivity index (χ4n) is 2.86.